The highest BCUT2D eigenvalue weighted by atomic mass is 15.2. The van der Waals surface area contributed by atoms with Crippen LogP contribution in [0.3, 0.4) is 0 Å². The molecule has 0 spiro atoms. The molecule has 0 bridgehead atoms. The molecule has 4 nitrogen and oxygen atoms in total. The number of pyridine rings is 1. The zero-order valence-electron chi connectivity index (χ0n) is 11.1. The van der Waals surface area contributed by atoms with E-state index in [4.69, 9.17) is 0 Å². The Labute approximate surface area is 109 Å². The van der Waals surface area contributed by atoms with Crippen LogP contribution in [-0.2, 0) is 0 Å². The van der Waals surface area contributed by atoms with Crippen LogP contribution in [0.2, 0.25) is 0 Å². The molecule has 1 N–H and O–H groups in total. The molecular formula is C14H22N4. The van der Waals surface area contributed by atoms with Gasteiger partial charge in [0.25, 0.3) is 0 Å². The van der Waals surface area contributed by atoms with E-state index in [1.54, 1.807) is 0 Å². The van der Waals surface area contributed by atoms with Crippen LogP contribution >= 0.6 is 0 Å². The summed E-state index contributed by atoms with van der Waals surface area (Å²) in [6.07, 6.45) is 4.49. The molecule has 18 heavy (non-hydrogen) atoms. The third-order valence-electron chi connectivity index (χ3n) is 4.11. The average Bonchev–Trinajstić information content (AvgIpc) is 2.86. The van der Waals surface area contributed by atoms with Crippen molar-refractivity contribution >= 4 is 5.82 Å². The normalized spacial score (nSPS) is 25.6. The van der Waals surface area contributed by atoms with Crippen molar-refractivity contribution < 1.29 is 0 Å². The maximum atomic E-state index is 4.65. The first-order valence-corrected chi connectivity index (χ1v) is 6.97. The largest absolute Gasteiger partial charge is 0.354 e. The fourth-order valence-corrected chi connectivity index (χ4v) is 3.11. The molecule has 4 heteroatoms. The quantitative estimate of drug-likeness (QED) is 0.851. The van der Waals surface area contributed by atoms with Gasteiger partial charge in [-0.05, 0) is 32.5 Å². The van der Waals surface area contributed by atoms with E-state index < -0.39 is 0 Å². The molecular weight excluding hydrogens is 224 g/mol. The Morgan fingerprint density at radius 3 is 2.83 bits per heavy atom. The second-order valence-electron chi connectivity index (χ2n) is 5.29. The van der Waals surface area contributed by atoms with Crippen molar-refractivity contribution in [2.75, 3.05) is 44.7 Å². The zero-order chi connectivity index (χ0) is 12.4. The monoisotopic (exact) mass is 246 g/mol. The second kappa shape index (κ2) is 5.24. The van der Waals surface area contributed by atoms with Gasteiger partial charge in [0.1, 0.15) is 5.82 Å². The maximum Gasteiger partial charge on any atom is 0.133 e. The molecule has 2 saturated heterocycles. The van der Waals surface area contributed by atoms with Crippen LogP contribution in [0.15, 0.2) is 18.3 Å². The lowest BCUT2D eigenvalue weighted by atomic mass is 10.0. The number of hydrogen-bond donors (Lipinski definition) is 1. The topological polar surface area (TPSA) is 31.4 Å². The Balaban J connectivity index is 1.89. The molecule has 0 amide bonds. The van der Waals surface area contributed by atoms with Gasteiger partial charge in [0, 0.05) is 44.0 Å². The van der Waals surface area contributed by atoms with Crippen LogP contribution in [-0.4, -0.2) is 49.7 Å². The summed E-state index contributed by atoms with van der Waals surface area (Å²) >= 11 is 0. The number of anilines is 1. The summed E-state index contributed by atoms with van der Waals surface area (Å²) in [4.78, 5) is 9.54. The molecule has 0 unspecified atom stereocenters. The Kier molecular flexibility index (Phi) is 3.48. The van der Waals surface area contributed by atoms with E-state index in [2.05, 4.69) is 39.3 Å². The van der Waals surface area contributed by atoms with Gasteiger partial charge in [-0.1, -0.05) is 6.07 Å². The van der Waals surface area contributed by atoms with Gasteiger partial charge in [0.2, 0.25) is 0 Å². The van der Waals surface area contributed by atoms with Gasteiger partial charge in [0.15, 0.2) is 0 Å². The summed E-state index contributed by atoms with van der Waals surface area (Å²) in [6.45, 7) is 5.48. The number of nitrogens with zero attached hydrogens (tertiary/aromatic N) is 3. The van der Waals surface area contributed by atoms with Crippen molar-refractivity contribution in [3.8, 4) is 0 Å². The van der Waals surface area contributed by atoms with Gasteiger partial charge in [0.05, 0.1) is 0 Å². The zero-order valence-corrected chi connectivity index (χ0v) is 11.1. The lowest BCUT2D eigenvalue weighted by Gasteiger charge is -2.32. The summed E-state index contributed by atoms with van der Waals surface area (Å²) in [5.41, 5.74) is 1.42. The van der Waals surface area contributed by atoms with Crippen molar-refractivity contribution in [3.63, 3.8) is 0 Å². The summed E-state index contributed by atoms with van der Waals surface area (Å²) in [5.74, 6) is 1.21. The Hall–Kier alpha value is -1.13. The number of hydrogen-bond acceptors (Lipinski definition) is 4. The first-order chi connectivity index (χ1) is 8.86. The predicted octanol–water partition coefficient (Wildman–Crippen LogP) is 1.26. The average molecular weight is 246 g/mol. The minimum absolute atomic E-state index is 0.559. The fraction of sp³-hybridized carbons (Fsp3) is 0.643. The second-order valence-corrected chi connectivity index (χ2v) is 5.29. The van der Waals surface area contributed by atoms with E-state index >= 15 is 0 Å². The number of aromatic nitrogens is 1. The molecule has 1 aromatic heterocycles. The molecule has 0 aliphatic carbocycles. The molecule has 2 aliphatic rings. The van der Waals surface area contributed by atoms with E-state index in [9.17, 15) is 0 Å². The fourth-order valence-electron chi connectivity index (χ4n) is 3.11. The highest BCUT2D eigenvalue weighted by Crippen LogP contribution is 2.35. The van der Waals surface area contributed by atoms with Crippen LogP contribution in [0, 0.1) is 0 Å². The van der Waals surface area contributed by atoms with E-state index in [1.807, 2.05) is 6.20 Å². The molecule has 0 radical (unpaired) electrons. The third-order valence-corrected chi connectivity index (χ3v) is 4.11. The van der Waals surface area contributed by atoms with Gasteiger partial charge in [-0.3, -0.25) is 4.90 Å². The molecule has 2 aliphatic heterocycles. The molecule has 98 valence electrons. The number of piperazine rings is 1. The Morgan fingerprint density at radius 2 is 2.11 bits per heavy atom. The molecule has 3 rings (SSSR count). The van der Waals surface area contributed by atoms with Crippen LogP contribution in [0.25, 0.3) is 0 Å². The van der Waals surface area contributed by atoms with Crippen molar-refractivity contribution in [1.29, 1.82) is 0 Å². The first kappa shape index (κ1) is 11.9. The van der Waals surface area contributed by atoms with Crippen LogP contribution in [0.1, 0.15) is 24.4 Å². The summed E-state index contributed by atoms with van der Waals surface area (Å²) in [5, 5.41) is 3.40. The van der Waals surface area contributed by atoms with Crippen molar-refractivity contribution in [3.05, 3.63) is 23.9 Å². The highest BCUT2D eigenvalue weighted by molar-refractivity contribution is 5.49. The molecule has 0 saturated carbocycles. The van der Waals surface area contributed by atoms with E-state index in [0.717, 1.165) is 26.2 Å². The summed E-state index contributed by atoms with van der Waals surface area (Å²) in [6, 6.07) is 4.90. The molecule has 2 fully saturated rings. The molecule has 0 aromatic carbocycles. The standard InChI is InChI=1S/C14H22N4/c1-17-9-3-5-13(17)12-4-2-6-16-14(12)18-10-7-15-8-11-18/h2,4,6,13,15H,3,5,7-11H2,1H3/t13-/m0/s1. The molecule has 1 aromatic rings. The van der Waals surface area contributed by atoms with Gasteiger partial charge in [-0.2, -0.15) is 0 Å². The Morgan fingerprint density at radius 1 is 1.28 bits per heavy atom. The van der Waals surface area contributed by atoms with Crippen molar-refractivity contribution in [2.45, 2.75) is 18.9 Å². The SMILES string of the molecule is CN1CCC[C@H]1c1cccnc1N1CCNCC1. The van der Waals surface area contributed by atoms with Crippen LogP contribution in [0.5, 0.6) is 0 Å². The van der Waals surface area contributed by atoms with Crippen LogP contribution < -0.4 is 10.2 Å². The number of rotatable bonds is 2. The van der Waals surface area contributed by atoms with E-state index in [-0.39, 0.29) is 0 Å². The minimum atomic E-state index is 0.559. The van der Waals surface area contributed by atoms with Gasteiger partial charge >= 0.3 is 0 Å². The third kappa shape index (κ3) is 2.22. The van der Waals surface area contributed by atoms with Crippen molar-refractivity contribution in [1.82, 2.24) is 15.2 Å². The van der Waals surface area contributed by atoms with E-state index in [0.29, 0.717) is 6.04 Å². The number of nitrogens with one attached hydrogen (secondary N) is 1. The molecule has 1 atom stereocenters. The maximum absolute atomic E-state index is 4.65. The van der Waals surface area contributed by atoms with E-state index in [1.165, 1.54) is 30.8 Å². The summed E-state index contributed by atoms with van der Waals surface area (Å²) < 4.78 is 0. The Bertz CT molecular complexity index is 401. The highest BCUT2D eigenvalue weighted by Gasteiger charge is 2.27. The molecule has 3 heterocycles. The van der Waals surface area contributed by atoms with Gasteiger partial charge in [-0.25, -0.2) is 4.98 Å². The van der Waals surface area contributed by atoms with Crippen LogP contribution in [0.4, 0.5) is 5.82 Å². The summed E-state index contributed by atoms with van der Waals surface area (Å²) in [7, 11) is 2.23. The smallest absolute Gasteiger partial charge is 0.133 e. The van der Waals surface area contributed by atoms with Gasteiger partial charge < -0.3 is 10.2 Å². The van der Waals surface area contributed by atoms with Gasteiger partial charge in [-0.15, -0.1) is 0 Å². The van der Waals surface area contributed by atoms with Crippen molar-refractivity contribution in [2.24, 2.45) is 0 Å². The predicted molar refractivity (Wildman–Crippen MR) is 73.9 cm³/mol. The lowest BCUT2D eigenvalue weighted by molar-refractivity contribution is 0.317. The number of likely N-dealkylation sites (tertiary alicyclic amines) is 1. The minimum Gasteiger partial charge on any atom is -0.354 e. The lowest BCUT2D eigenvalue weighted by Crippen LogP contribution is -2.44. The first-order valence-electron chi connectivity index (χ1n) is 6.97.